The van der Waals surface area contributed by atoms with Crippen molar-refractivity contribution in [3.05, 3.63) is 46.2 Å². The number of carbonyl (C=O) groups is 1. The SMILES string of the molecule is O=C(c1cc(=O)c2ccccc2[nH]1)N1CCC(CCO)C1. The van der Waals surface area contributed by atoms with Crippen molar-refractivity contribution in [2.75, 3.05) is 19.7 Å². The van der Waals surface area contributed by atoms with Gasteiger partial charge in [-0.2, -0.15) is 0 Å². The van der Waals surface area contributed by atoms with Gasteiger partial charge in [0, 0.05) is 36.7 Å². The third kappa shape index (κ3) is 2.69. The predicted octanol–water partition coefficient (Wildman–Crippen LogP) is 1.37. The number of pyridine rings is 1. The van der Waals surface area contributed by atoms with Crippen LogP contribution in [-0.2, 0) is 0 Å². The first-order chi connectivity index (χ1) is 10.2. The van der Waals surface area contributed by atoms with Crippen LogP contribution in [0, 0.1) is 5.92 Å². The molecule has 1 aromatic heterocycles. The van der Waals surface area contributed by atoms with Crippen molar-refractivity contribution in [1.82, 2.24) is 9.88 Å². The Morgan fingerprint density at radius 3 is 3.00 bits per heavy atom. The fourth-order valence-electron chi connectivity index (χ4n) is 2.92. The maximum Gasteiger partial charge on any atom is 0.270 e. The van der Waals surface area contributed by atoms with Gasteiger partial charge in [0.05, 0.1) is 0 Å². The zero-order valence-corrected chi connectivity index (χ0v) is 11.7. The highest BCUT2D eigenvalue weighted by Gasteiger charge is 2.27. The first-order valence-corrected chi connectivity index (χ1v) is 7.21. The number of aromatic amines is 1. The number of hydrogen-bond acceptors (Lipinski definition) is 3. The minimum Gasteiger partial charge on any atom is -0.396 e. The lowest BCUT2D eigenvalue weighted by Gasteiger charge is -2.16. The number of carbonyl (C=O) groups excluding carboxylic acids is 1. The number of H-pyrrole nitrogens is 1. The number of aliphatic hydroxyl groups is 1. The second-order valence-electron chi connectivity index (χ2n) is 5.51. The topological polar surface area (TPSA) is 73.4 Å². The Morgan fingerprint density at radius 2 is 2.19 bits per heavy atom. The summed E-state index contributed by atoms with van der Waals surface area (Å²) in [6.07, 6.45) is 1.63. The molecule has 3 rings (SSSR count). The first kappa shape index (κ1) is 13.8. The first-order valence-electron chi connectivity index (χ1n) is 7.21. The van der Waals surface area contributed by atoms with Crippen LogP contribution in [0.2, 0.25) is 0 Å². The quantitative estimate of drug-likeness (QED) is 0.895. The Balaban J connectivity index is 1.87. The van der Waals surface area contributed by atoms with E-state index in [2.05, 4.69) is 4.98 Å². The molecule has 1 amide bonds. The molecule has 1 saturated heterocycles. The number of nitrogens with zero attached hydrogens (tertiary/aromatic N) is 1. The molecule has 2 heterocycles. The highest BCUT2D eigenvalue weighted by molar-refractivity contribution is 5.95. The Kier molecular flexibility index (Phi) is 3.75. The number of aromatic nitrogens is 1. The average molecular weight is 286 g/mol. The Labute approximate surface area is 122 Å². The van der Waals surface area contributed by atoms with E-state index in [9.17, 15) is 9.59 Å². The third-order valence-corrected chi connectivity index (χ3v) is 4.08. The molecule has 1 fully saturated rings. The molecule has 1 atom stereocenters. The summed E-state index contributed by atoms with van der Waals surface area (Å²) in [6.45, 7) is 1.48. The van der Waals surface area contributed by atoms with Crippen molar-refractivity contribution >= 4 is 16.8 Å². The van der Waals surface area contributed by atoms with Crippen LogP contribution in [0.1, 0.15) is 23.3 Å². The molecule has 21 heavy (non-hydrogen) atoms. The molecular formula is C16H18N2O3. The van der Waals surface area contributed by atoms with E-state index < -0.39 is 0 Å². The fraction of sp³-hybridized carbons (Fsp3) is 0.375. The van der Waals surface area contributed by atoms with E-state index in [1.54, 1.807) is 23.1 Å². The molecule has 110 valence electrons. The summed E-state index contributed by atoms with van der Waals surface area (Å²) in [5.41, 5.74) is 0.876. The van der Waals surface area contributed by atoms with Crippen LogP contribution in [0.3, 0.4) is 0 Å². The number of rotatable bonds is 3. The molecule has 1 aliphatic heterocycles. The highest BCUT2D eigenvalue weighted by atomic mass is 16.3. The van der Waals surface area contributed by atoms with E-state index in [-0.39, 0.29) is 17.9 Å². The van der Waals surface area contributed by atoms with Crippen LogP contribution in [0.25, 0.3) is 10.9 Å². The average Bonchev–Trinajstić information content (AvgIpc) is 2.95. The summed E-state index contributed by atoms with van der Waals surface area (Å²) >= 11 is 0. The van der Waals surface area contributed by atoms with Gasteiger partial charge in [-0.05, 0) is 30.9 Å². The molecule has 1 unspecified atom stereocenters. The van der Waals surface area contributed by atoms with Gasteiger partial charge in [-0.1, -0.05) is 12.1 Å². The molecule has 0 radical (unpaired) electrons. The van der Waals surface area contributed by atoms with Crippen molar-refractivity contribution in [3.63, 3.8) is 0 Å². The minimum absolute atomic E-state index is 0.140. The van der Waals surface area contributed by atoms with Crippen LogP contribution in [0.5, 0.6) is 0 Å². The smallest absolute Gasteiger partial charge is 0.270 e. The zero-order chi connectivity index (χ0) is 14.8. The normalized spacial score (nSPS) is 18.3. The Hall–Kier alpha value is -2.14. The molecule has 1 aromatic carbocycles. The summed E-state index contributed by atoms with van der Waals surface area (Å²) < 4.78 is 0. The number of fused-ring (bicyclic) bond motifs is 1. The van der Waals surface area contributed by atoms with Gasteiger partial charge in [0.25, 0.3) is 5.91 Å². The monoisotopic (exact) mass is 286 g/mol. The van der Waals surface area contributed by atoms with E-state index in [0.717, 1.165) is 12.8 Å². The van der Waals surface area contributed by atoms with Crippen LogP contribution in [-0.4, -0.2) is 40.6 Å². The van der Waals surface area contributed by atoms with Gasteiger partial charge in [0.2, 0.25) is 0 Å². The van der Waals surface area contributed by atoms with Gasteiger partial charge < -0.3 is 15.0 Å². The number of para-hydroxylation sites is 1. The van der Waals surface area contributed by atoms with E-state index >= 15 is 0 Å². The molecule has 0 bridgehead atoms. The van der Waals surface area contributed by atoms with Crippen molar-refractivity contribution < 1.29 is 9.90 Å². The van der Waals surface area contributed by atoms with E-state index in [4.69, 9.17) is 5.11 Å². The van der Waals surface area contributed by atoms with Crippen LogP contribution in [0.15, 0.2) is 35.1 Å². The van der Waals surface area contributed by atoms with Gasteiger partial charge in [-0.15, -0.1) is 0 Å². The fourth-order valence-corrected chi connectivity index (χ4v) is 2.92. The van der Waals surface area contributed by atoms with Crippen molar-refractivity contribution in [2.24, 2.45) is 5.92 Å². The summed E-state index contributed by atoms with van der Waals surface area (Å²) in [6, 6.07) is 8.56. The number of hydrogen-bond donors (Lipinski definition) is 2. The number of aliphatic hydroxyl groups excluding tert-OH is 1. The van der Waals surface area contributed by atoms with Crippen LogP contribution < -0.4 is 5.43 Å². The molecular weight excluding hydrogens is 268 g/mol. The number of nitrogens with one attached hydrogen (secondary N) is 1. The van der Waals surface area contributed by atoms with Crippen molar-refractivity contribution in [3.8, 4) is 0 Å². The minimum atomic E-state index is -0.140. The summed E-state index contributed by atoms with van der Waals surface area (Å²) in [7, 11) is 0. The summed E-state index contributed by atoms with van der Waals surface area (Å²) in [5, 5.41) is 9.56. The second kappa shape index (κ2) is 5.69. The van der Waals surface area contributed by atoms with Gasteiger partial charge in [-0.3, -0.25) is 9.59 Å². The maximum atomic E-state index is 12.5. The van der Waals surface area contributed by atoms with E-state index in [0.29, 0.717) is 35.6 Å². The lowest BCUT2D eigenvalue weighted by atomic mass is 10.1. The van der Waals surface area contributed by atoms with Crippen LogP contribution >= 0.6 is 0 Å². The van der Waals surface area contributed by atoms with Crippen molar-refractivity contribution in [1.29, 1.82) is 0 Å². The molecule has 5 nitrogen and oxygen atoms in total. The second-order valence-corrected chi connectivity index (χ2v) is 5.51. The zero-order valence-electron chi connectivity index (χ0n) is 11.7. The lowest BCUT2D eigenvalue weighted by Crippen LogP contribution is -2.30. The van der Waals surface area contributed by atoms with Gasteiger partial charge in [-0.25, -0.2) is 0 Å². The molecule has 5 heteroatoms. The van der Waals surface area contributed by atoms with Crippen molar-refractivity contribution in [2.45, 2.75) is 12.8 Å². The Bertz CT molecular complexity index is 723. The molecule has 2 aromatic rings. The standard InChI is InChI=1S/C16H18N2O3/c19-8-6-11-5-7-18(10-11)16(21)14-9-15(20)12-3-1-2-4-13(12)17-14/h1-4,9,11,19H,5-8,10H2,(H,17,20). The third-order valence-electron chi connectivity index (χ3n) is 4.08. The molecule has 0 saturated carbocycles. The maximum absolute atomic E-state index is 12.5. The van der Waals surface area contributed by atoms with E-state index in [1.165, 1.54) is 6.07 Å². The lowest BCUT2D eigenvalue weighted by molar-refractivity contribution is 0.0779. The van der Waals surface area contributed by atoms with Crippen LogP contribution in [0.4, 0.5) is 0 Å². The molecule has 1 aliphatic rings. The number of benzene rings is 1. The van der Waals surface area contributed by atoms with Gasteiger partial charge >= 0.3 is 0 Å². The van der Waals surface area contributed by atoms with Gasteiger partial charge in [0.1, 0.15) is 5.69 Å². The molecule has 2 N–H and O–H groups in total. The molecule has 0 spiro atoms. The van der Waals surface area contributed by atoms with Gasteiger partial charge in [0.15, 0.2) is 5.43 Å². The number of amides is 1. The predicted molar refractivity (Wildman–Crippen MR) is 80.3 cm³/mol. The van der Waals surface area contributed by atoms with E-state index in [1.807, 2.05) is 6.07 Å². The summed E-state index contributed by atoms with van der Waals surface area (Å²) in [5.74, 6) is 0.212. The largest absolute Gasteiger partial charge is 0.396 e. The summed E-state index contributed by atoms with van der Waals surface area (Å²) in [4.78, 5) is 29.3. The number of likely N-dealkylation sites (tertiary alicyclic amines) is 1. The molecule has 0 aliphatic carbocycles. The Morgan fingerprint density at radius 1 is 1.38 bits per heavy atom. The highest BCUT2D eigenvalue weighted by Crippen LogP contribution is 2.21.